The Kier molecular flexibility index (Phi) is 5.14. The van der Waals surface area contributed by atoms with Crippen molar-refractivity contribution in [3.8, 4) is 11.4 Å². The van der Waals surface area contributed by atoms with Gasteiger partial charge < -0.3 is 16.4 Å². The number of benzene rings is 1. The largest absolute Gasteiger partial charge is 0.399 e. The van der Waals surface area contributed by atoms with Crippen LogP contribution in [-0.4, -0.2) is 26.9 Å². The SMILES string of the molecule is Nc1ccc(C(=O)Nc2cc(-c3ccccn3)nc(NC3CCCC3)n2)cc1. The minimum atomic E-state index is -0.252. The molecule has 7 nitrogen and oxygen atoms in total. The third-order valence-electron chi connectivity index (χ3n) is 4.76. The summed E-state index contributed by atoms with van der Waals surface area (Å²) in [6.45, 7) is 0. The fourth-order valence-electron chi connectivity index (χ4n) is 3.30. The average molecular weight is 374 g/mol. The summed E-state index contributed by atoms with van der Waals surface area (Å²) in [7, 11) is 0. The zero-order valence-electron chi connectivity index (χ0n) is 15.4. The third kappa shape index (κ3) is 4.25. The minimum Gasteiger partial charge on any atom is -0.399 e. The highest BCUT2D eigenvalue weighted by Crippen LogP contribution is 2.24. The van der Waals surface area contributed by atoms with Gasteiger partial charge in [-0.3, -0.25) is 9.78 Å². The lowest BCUT2D eigenvalue weighted by molar-refractivity contribution is 0.102. The second-order valence-corrected chi connectivity index (χ2v) is 6.88. The maximum atomic E-state index is 12.6. The second-order valence-electron chi connectivity index (χ2n) is 6.88. The minimum absolute atomic E-state index is 0.252. The number of nitrogen functional groups attached to an aromatic ring is 1. The van der Waals surface area contributed by atoms with Crippen molar-refractivity contribution >= 4 is 23.4 Å². The fourth-order valence-corrected chi connectivity index (χ4v) is 3.30. The van der Waals surface area contributed by atoms with Gasteiger partial charge in [0.25, 0.3) is 5.91 Å². The molecule has 142 valence electrons. The number of amides is 1. The molecule has 1 fully saturated rings. The average Bonchev–Trinajstić information content (AvgIpc) is 3.22. The number of aromatic nitrogens is 3. The summed E-state index contributed by atoms with van der Waals surface area (Å²) in [5.74, 6) is 0.679. The monoisotopic (exact) mass is 374 g/mol. The Morgan fingerprint density at radius 2 is 1.79 bits per heavy atom. The molecule has 0 spiro atoms. The van der Waals surface area contributed by atoms with Gasteiger partial charge in [0.15, 0.2) is 0 Å². The van der Waals surface area contributed by atoms with Gasteiger partial charge in [0.1, 0.15) is 5.82 Å². The summed E-state index contributed by atoms with van der Waals surface area (Å²) in [5.41, 5.74) is 8.20. The van der Waals surface area contributed by atoms with Gasteiger partial charge in [-0.1, -0.05) is 18.9 Å². The first kappa shape index (κ1) is 17.9. The van der Waals surface area contributed by atoms with Crippen LogP contribution in [0, 0.1) is 0 Å². The van der Waals surface area contributed by atoms with Gasteiger partial charge in [0.2, 0.25) is 5.95 Å². The molecule has 2 aromatic heterocycles. The number of rotatable bonds is 5. The molecule has 0 bridgehead atoms. The van der Waals surface area contributed by atoms with Crippen molar-refractivity contribution in [3.63, 3.8) is 0 Å². The molecular formula is C21H22N6O. The Bertz CT molecular complexity index is 952. The van der Waals surface area contributed by atoms with Crippen molar-refractivity contribution in [2.24, 2.45) is 0 Å². The number of carbonyl (C=O) groups excluding carboxylic acids is 1. The topological polar surface area (TPSA) is 106 Å². The van der Waals surface area contributed by atoms with E-state index in [4.69, 9.17) is 5.73 Å². The molecule has 1 saturated carbocycles. The van der Waals surface area contributed by atoms with E-state index in [0.29, 0.717) is 34.8 Å². The Labute approximate surface area is 163 Å². The summed E-state index contributed by atoms with van der Waals surface area (Å²) < 4.78 is 0. The van der Waals surface area contributed by atoms with Crippen LogP contribution >= 0.6 is 0 Å². The van der Waals surface area contributed by atoms with Crippen molar-refractivity contribution in [2.45, 2.75) is 31.7 Å². The van der Waals surface area contributed by atoms with Gasteiger partial charge in [0.05, 0.1) is 11.4 Å². The van der Waals surface area contributed by atoms with Crippen LogP contribution in [0.15, 0.2) is 54.7 Å². The highest BCUT2D eigenvalue weighted by molar-refractivity contribution is 6.04. The van der Waals surface area contributed by atoms with Crippen molar-refractivity contribution in [2.75, 3.05) is 16.4 Å². The van der Waals surface area contributed by atoms with Gasteiger partial charge in [-0.25, -0.2) is 4.98 Å². The Hall–Kier alpha value is -3.48. The molecule has 28 heavy (non-hydrogen) atoms. The number of hydrogen-bond donors (Lipinski definition) is 3. The quantitative estimate of drug-likeness (QED) is 0.588. The lowest BCUT2D eigenvalue weighted by atomic mass is 10.2. The third-order valence-corrected chi connectivity index (χ3v) is 4.76. The predicted molar refractivity (Wildman–Crippen MR) is 110 cm³/mol. The first-order chi connectivity index (χ1) is 13.7. The van der Waals surface area contributed by atoms with Gasteiger partial charge in [-0.2, -0.15) is 4.98 Å². The van der Waals surface area contributed by atoms with Crippen LogP contribution in [0.5, 0.6) is 0 Å². The van der Waals surface area contributed by atoms with Gasteiger partial charge in [-0.15, -0.1) is 0 Å². The number of hydrogen-bond acceptors (Lipinski definition) is 6. The van der Waals surface area contributed by atoms with Crippen LogP contribution in [0.25, 0.3) is 11.4 Å². The number of pyridine rings is 1. The highest BCUT2D eigenvalue weighted by Gasteiger charge is 2.17. The van der Waals surface area contributed by atoms with E-state index in [1.807, 2.05) is 18.2 Å². The van der Waals surface area contributed by atoms with Crippen molar-refractivity contribution < 1.29 is 4.79 Å². The Balaban J connectivity index is 1.62. The zero-order valence-corrected chi connectivity index (χ0v) is 15.4. The second kappa shape index (κ2) is 8.04. The van der Waals surface area contributed by atoms with E-state index >= 15 is 0 Å². The summed E-state index contributed by atoms with van der Waals surface area (Å²) in [4.78, 5) is 26.1. The molecule has 1 amide bonds. The molecule has 0 saturated heterocycles. The van der Waals surface area contributed by atoms with Crippen molar-refractivity contribution in [3.05, 3.63) is 60.3 Å². The molecular weight excluding hydrogens is 352 g/mol. The maximum Gasteiger partial charge on any atom is 0.256 e. The molecule has 3 aromatic rings. The molecule has 1 aliphatic rings. The molecule has 4 rings (SSSR count). The van der Waals surface area contributed by atoms with Crippen LogP contribution in [0.3, 0.4) is 0 Å². The molecule has 7 heteroatoms. The van der Waals surface area contributed by atoms with Crippen LogP contribution in [0.4, 0.5) is 17.5 Å². The summed E-state index contributed by atoms with van der Waals surface area (Å²) in [6.07, 6.45) is 6.33. The number of nitrogens with zero attached hydrogens (tertiary/aromatic N) is 3. The standard InChI is InChI=1S/C21H22N6O/c22-15-10-8-14(9-11-15)20(28)26-19-13-18(17-7-3-4-12-23-17)25-21(27-19)24-16-5-1-2-6-16/h3-4,7-13,16H,1-2,5-6,22H2,(H2,24,25,26,27,28). The fraction of sp³-hybridized carbons (Fsp3) is 0.238. The summed E-state index contributed by atoms with van der Waals surface area (Å²) >= 11 is 0. The van der Waals surface area contributed by atoms with E-state index in [2.05, 4.69) is 25.6 Å². The zero-order chi connectivity index (χ0) is 19.3. The van der Waals surface area contributed by atoms with E-state index in [0.717, 1.165) is 18.5 Å². The predicted octanol–water partition coefficient (Wildman–Crippen LogP) is 3.73. The van der Waals surface area contributed by atoms with E-state index in [9.17, 15) is 4.79 Å². The Morgan fingerprint density at radius 1 is 1.00 bits per heavy atom. The molecule has 1 aliphatic carbocycles. The molecule has 1 aromatic carbocycles. The molecule has 0 radical (unpaired) electrons. The van der Waals surface area contributed by atoms with E-state index < -0.39 is 0 Å². The number of anilines is 3. The van der Waals surface area contributed by atoms with E-state index in [1.165, 1.54) is 12.8 Å². The lowest BCUT2D eigenvalue weighted by Gasteiger charge is -2.14. The molecule has 0 unspecified atom stereocenters. The number of nitrogens with two attached hydrogens (primary N) is 1. The first-order valence-electron chi connectivity index (χ1n) is 9.41. The van der Waals surface area contributed by atoms with Crippen LogP contribution < -0.4 is 16.4 Å². The van der Waals surface area contributed by atoms with E-state index in [-0.39, 0.29) is 5.91 Å². The summed E-state index contributed by atoms with van der Waals surface area (Å²) in [5, 5.41) is 6.25. The summed E-state index contributed by atoms with van der Waals surface area (Å²) in [6, 6.07) is 14.5. The first-order valence-corrected chi connectivity index (χ1v) is 9.41. The smallest absolute Gasteiger partial charge is 0.256 e. The van der Waals surface area contributed by atoms with E-state index in [1.54, 1.807) is 36.5 Å². The molecule has 4 N–H and O–H groups in total. The van der Waals surface area contributed by atoms with Crippen LogP contribution in [-0.2, 0) is 0 Å². The van der Waals surface area contributed by atoms with Gasteiger partial charge >= 0.3 is 0 Å². The molecule has 2 heterocycles. The maximum absolute atomic E-state index is 12.6. The Morgan fingerprint density at radius 3 is 2.50 bits per heavy atom. The van der Waals surface area contributed by atoms with Gasteiger partial charge in [-0.05, 0) is 49.2 Å². The lowest BCUT2D eigenvalue weighted by Crippen LogP contribution is -2.19. The highest BCUT2D eigenvalue weighted by atomic mass is 16.1. The van der Waals surface area contributed by atoms with Crippen LogP contribution in [0.2, 0.25) is 0 Å². The van der Waals surface area contributed by atoms with Gasteiger partial charge in [0, 0.05) is 29.6 Å². The van der Waals surface area contributed by atoms with Crippen molar-refractivity contribution in [1.82, 2.24) is 15.0 Å². The normalized spacial score (nSPS) is 14.0. The molecule has 0 aliphatic heterocycles. The number of nitrogens with one attached hydrogen (secondary N) is 2. The molecule has 0 atom stereocenters. The number of carbonyl (C=O) groups is 1. The van der Waals surface area contributed by atoms with Crippen LogP contribution in [0.1, 0.15) is 36.0 Å². The van der Waals surface area contributed by atoms with Crippen molar-refractivity contribution in [1.29, 1.82) is 0 Å².